The molecule has 10 nitrogen and oxygen atoms in total. The third-order valence-electron chi connectivity index (χ3n) is 5.81. The summed E-state index contributed by atoms with van der Waals surface area (Å²) in [7, 11) is 0. The molecule has 4 N–H and O–H groups in total. The second-order valence-corrected chi connectivity index (χ2v) is 9.41. The Hall–Kier alpha value is -3.69. The fourth-order valence-corrected chi connectivity index (χ4v) is 3.85. The van der Waals surface area contributed by atoms with Crippen LogP contribution in [0.5, 0.6) is 0 Å². The zero-order valence-corrected chi connectivity index (χ0v) is 21.0. The van der Waals surface area contributed by atoms with Crippen LogP contribution >= 0.6 is 0 Å². The second-order valence-electron chi connectivity index (χ2n) is 9.41. The van der Waals surface area contributed by atoms with Crippen LogP contribution in [0.4, 0.5) is 4.79 Å². The minimum Gasteiger partial charge on any atom is -0.445 e. The SMILES string of the molecule is C=C(C)C[C@H](NC(=O)[C@@H](NC(=O)OCc1ccccc1)C(C)C)C(=O)N[C@H](C=O)C[C@@H]1CCNC1=O. The van der Waals surface area contributed by atoms with Gasteiger partial charge in [-0.1, -0.05) is 49.8 Å². The molecule has 2 rings (SSSR count). The summed E-state index contributed by atoms with van der Waals surface area (Å²) in [6.45, 7) is 9.62. The molecule has 0 unspecified atom stereocenters. The zero-order valence-electron chi connectivity index (χ0n) is 21.0. The van der Waals surface area contributed by atoms with Crippen LogP contribution in [0.25, 0.3) is 0 Å². The summed E-state index contributed by atoms with van der Waals surface area (Å²) >= 11 is 0. The predicted octanol–water partition coefficient (Wildman–Crippen LogP) is 1.60. The minimum atomic E-state index is -1.02. The lowest BCUT2D eigenvalue weighted by molar-refractivity contribution is -0.131. The smallest absolute Gasteiger partial charge is 0.408 e. The highest BCUT2D eigenvalue weighted by molar-refractivity contribution is 5.92. The molecular weight excluding hydrogens is 464 g/mol. The molecule has 4 atom stereocenters. The van der Waals surface area contributed by atoms with Gasteiger partial charge < -0.3 is 30.8 Å². The largest absolute Gasteiger partial charge is 0.445 e. The minimum absolute atomic E-state index is 0.0475. The van der Waals surface area contributed by atoms with Gasteiger partial charge in [0.05, 0.1) is 6.04 Å². The van der Waals surface area contributed by atoms with E-state index in [1.54, 1.807) is 20.8 Å². The highest BCUT2D eigenvalue weighted by Gasteiger charge is 2.32. The van der Waals surface area contributed by atoms with Crippen molar-refractivity contribution in [1.29, 1.82) is 0 Å². The molecule has 1 aromatic rings. The molecule has 0 saturated carbocycles. The molecule has 1 fully saturated rings. The van der Waals surface area contributed by atoms with Gasteiger partial charge in [-0.05, 0) is 37.7 Å². The van der Waals surface area contributed by atoms with Crippen LogP contribution in [0.15, 0.2) is 42.5 Å². The van der Waals surface area contributed by atoms with E-state index in [1.807, 2.05) is 30.3 Å². The van der Waals surface area contributed by atoms with Gasteiger partial charge in [-0.3, -0.25) is 14.4 Å². The van der Waals surface area contributed by atoms with Crippen LogP contribution < -0.4 is 21.3 Å². The molecule has 10 heteroatoms. The van der Waals surface area contributed by atoms with Crippen LogP contribution in [0.2, 0.25) is 0 Å². The van der Waals surface area contributed by atoms with Gasteiger partial charge in [0.1, 0.15) is 25.0 Å². The number of carbonyl (C=O) groups is 5. The van der Waals surface area contributed by atoms with Gasteiger partial charge in [0.2, 0.25) is 17.7 Å². The molecular formula is C26H36N4O6. The average Bonchev–Trinajstić information content (AvgIpc) is 3.24. The highest BCUT2D eigenvalue weighted by atomic mass is 16.5. The molecule has 196 valence electrons. The van der Waals surface area contributed by atoms with Gasteiger partial charge in [0.15, 0.2) is 0 Å². The number of benzene rings is 1. The molecule has 1 aliphatic rings. The first-order valence-corrected chi connectivity index (χ1v) is 12.1. The lowest BCUT2D eigenvalue weighted by atomic mass is 9.98. The van der Waals surface area contributed by atoms with Crippen molar-refractivity contribution >= 4 is 30.1 Å². The van der Waals surface area contributed by atoms with Gasteiger partial charge >= 0.3 is 6.09 Å². The van der Waals surface area contributed by atoms with E-state index in [9.17, 15) is 24.0 Å². The van der Waals surface area contributed by atoms with Crippen molar-refractivity contribution in [3.05, 3.63) is 48.0 Å². The number of alkyl carbamates (subject to hydrolysis) is 1. The molecule has 4 amide bonds. The van der Waals surface area contributed by atoms with Crippen molar-refractivity contribution in [2.45, 2.75) is 64.8 Å². The Balaban J connectivity index is 2.00. The molecule has 1 aliphatic heterocycles. The summed E-state index contributed by atoms with van der Waals surface area (Å²) in [5.74, 6) is -1.94. The van der Waals surface area contributed by atoms with Crippen LogP contribution in [-0.4, -0.2) is 54.8 Å². The van der Waals surface area contributed by atoms with Crippen molar-refractivity contribution in [2.24, 2.45) is 11.8 Å². The lowest BCUT2D eigenvalue weighted by Crippen LogP contribution is -2.56. The molecule has 0 spiro atoms. The number of hydrogen-bond acceptors (Lipinski definition) is 6. The van der Waals surface area contributed by atoms with E-state index in [0.29, 0.717) is 24.8 Å². The van der Waals surface area contributed by atoms with Gasteiger partial charge in [0.25, 0.3) is 0 Å². The third-order valence-corrected chi connectivity index (χ3v) is 5.81. The Bertz CT molecular complexity index is 949. The first kappa shape index (κ1) is 28.5. The molecule has 1 saturated heterocycles. The van der Waals surface area contributed by atoms with Crippen molar-refractivity contribution in [3.8, 4) is 0 Å². The lowest BCUT2D eigenvalue weighted by Gasteiger charge is -2.26. The Morgan fingerprint density at radius 3 is 2.39 bits per heavy atom. The van der Waals surface area contributed by atoms with E-state index in [-0.39, 0.29) is 37.2 Å². The standard InChI is InChI=1S/C26H36N4O6/c1-16(2)12-21(24(33)28-20(14-31)13-19-10-11-27-23(19)32)29-25(34)22(17(3)4)30-26(35)36-15-18-8-6-5-7-9-18/h5-9,14,17,19-22H,1,10-13,15H2,2-4H3,(H,27,32)(H,28,33)(H,29,34)(H,30,35)/t19-,20-,21-,22-/m0/s1. The summed E-state index contributed by atoms with van der Waals surface area (Å²) in [6, 6.07) is 6.28. The first-order valence-electron chi connectivity index (χ1n) is 12.1. The molecule has 0 aromatic heterocycles. The van der Waals surface area contributed by atoms with Crippen molar-refractivity contribution < 1.29 is 28.7 Å². The molecule has 1 heterocycles. The zero-order chi connectivity index (χ0) is 26.7. The van der Waals surface area contributed by atoms with Gasteiger partial charge in [-0.2, -0.15) is 0 Å². The van der Waals surface area contributed by atoms with Gasteiger partial charge in [-0.25, -0.2) is 4.79 Å². The summed E-state index contributed by atoms with van der Waals surface area (Å²) in [5, 5.41) is 10.5. The predicted molar refractivity (Wildman–Crippen MR) is 133 cm³/mol. The van der Waals surface area contributed by atoms with E-state index < -0.39 is 36.0 Å². The number of rotatable bonds is 13. The fourth-order valence-electron chi connectivity index (χ4n) is 3.85. The van der Waals surface area contributed by atoms with Crippen LogP contribution in [0.3, 0.4) is 0 Å². The normalized spacial score (nSPS) is 17.3. The Morgan fingerprint density at radius 1 is 1.14 bits per heavy atom. The monoisotopic (exact) mass is 500 g/mol. The quantitative estimate of drug-likeness (QED) is 0.239. The molecule has 1 aromatic carbocycles. The van der Waals surface area contributed by atoms with E-state index in [1.165, 1.54) is 0 Å². The van der Waals surface area contributed by atoms with Crippen LogP contribution in [0, 0.1) is 11.8 Å². The first-order chi connectivity index (χ1) is 17.1. The number of aldehydes is 1. The van der Waals surface area contributed by atoms with E-state index in [4.69, 9.17) is 4.74 Å². The Kier molecular flexibility index (Phi) is 11.1. The number of ether oxygens (including phenoxy) is 1. The van der Waals surface area contributed by atoms with Crippen molar-refractivity contribution in [3.63, 3.8) is 0 Å². The van der Waals surface area contributed by atoms with E-state index in [2.05, 4.69) is 27.8 Å². The number of carbonyl (C=O) groups excluding carboxylic acids is 5. The van der Waals surface area contributed by atoms with Gasteiger partial charge in [-0.15, -0.1) is 6.58 Å². The molecule has 36 heavy (non-hydrogen) atoms. The summed E-state index contributed by atoms with van der Waals surface area (Å²) in [5.41, 5.74) is 1.45. The highest BCUT2D eigenvalue weighted by Crippen LogP contribution is 2.16. The Labute approximate surface area is 211 Å². The fraction of sp³-hybridized carbons (Fsp3) is 0.500. The average molecular weight is 501 g/mol. The molecule has 0 bridgehead atoms. The van der Waals surface area contributed by atoms with Gasteiger partial charge in [0, 0.05) is 12.5 Å². The number of hydrogen-bond donors (Lipinski definition) is 4. The van der Waals surface area contributed by atoms with Crippen molar-refractivity contribution in [1.82, 2.24) is 21.3 Å². The number of amides is 4. The summed E-state index contributed by atoms with van der Waals surface area (Å²) in [6.07, 6.45) is 0.732. The van der Waals surface area contributed by atoms with Crippen LogP contribution in [0.1, 0.15) is 45.6 Å². The van der Waals surface area contributed by atoms with E-state index >= 15 is 0 Å². The Morgan fingerprint density at radius 2 is 1.83 bits per heavy atom. The molecule has 0 aliphatic carbocycles. The topological polar surface area (TPSA) is 143 Å². The number of nitrogens with one attached hydrogen (secondary N) is 4. The maximum Gasteiger partial charge on any atom is 0.408 e. The summed E-state index contributed by atoms with van der Waals surface area (Å²) in [4.78, 5) is 61.8. The second kappa shape index (κ2) is 14.0. The van der Waals surface area contributed by atoms with Crippen molar-refractivity contribution in [2.75, 3.05) is 6.54 Å². The summed E-state index contributed by atoms with van der Waals surface area (Å²) < 4.78 is 5.22. The van der Waals surface area contributed by atoms with Crippen LogP contribution in [-0.2, 0) is 30.5 Å². The maximum atomic E-state index is 13.1. The third kappa shape index (κ3) is 9.16. The maximum absolute atomic E-state index is 13.1. The van der Waals surface area contributed by atoms with E-state index in [0.717, 1.165) is 5.56 Å². The molecule has 0 radical (unpaired) electrons.